The van der Waals surface area contributed by atoms with Crippen LogP contribution in [-0.2, 0) is 6.54 Å². The van der Waals surface area contributed by atoms with Gasteiger partial charge in [0.05, 0.1) is 14.2 Å². The number of hydrogen-bond donors (Lipinski definition) is 3. The smallest absolute Gasteiger partial charge is 0.488 e. The van der Waals surface area contributed by atoms with Crippen LogP contribution in [0.1, 0.15) is 5.56 Å². The summed E-state index contributed by atoms with van der Waals surface area (Å²) in [6.07, 6.45) is 4.56. The van der Waals surface area contributed by atoms with Gasteiger partial charge in [0, 0.05) is 30.9 Å². The van der Waals surface area contributed by atoms with Crippen LogP contribution in [0.5, 0.6) is 11.5 Å². The number of nitrogens with zero attached hydrogens (tertiary/aromatic N) is 1. The number of methoxy groups -OCH3 is 2. The van der Waals surface area contributed by atoms with E-state index in [0.717, 1.165) is 17.1 Å². The van der Waals surface area contributed by atoms with Gasteiger partial charge in [-0.3, -0.25) is 4.99 Å². The van der Waals surface area contributed by atoms with Crippen molar-refractivity contribution in [1.29, 1.82) is 0 Å². The van der Waals surface area contributed by atoms with Gasteiger partial charge in [-0.15, -0.1) is 0 Å². The van der Waals surface area contributed by atoms with E-state index in [0.29, 0.717) is 18.6 Å². The standard InChI is InChI=1S/C15H21BN2O4/c1-17-8-6-13(16(19)20)7-9-18-11-12-4-5-14(21-2)10-15(12)22-3/h4-8,10,18-20H,1,9,11H2,2-3H3/b8-6-,13-7+. The number of allylic oxidation sites excluding steroid dienone is 2. The van der Waals surface area contributed by atoms with Crippen LogP contribution in [0.25, 0.3) is 0 Å². The molecule has 0 aliphatic heterocycles. The third kappa shape index (κ3) is 5.73. The average Bonchev–Trinajstić information content (AvgIpc) is 2.53. The summed E-state index contributed by atoms with van der Waals surface area (Å²) in [5.41, 5.74) is 1.33. The molecule has 3 N–H and O–H groups in total. The third-order valence-corrected chi connectivity index (χ3v) is 2.96. The molecule has 0 fully saturated rings. The number of aliphatic imine (C=N–C) groups is 1. The summed E-state index contributed by atoms with van der Waals surface area (Å²) in [7, 11) is 1.66. The highest BCUT2D eigenvalue weighted by Crippen LogP contribution is 2.24. The Kier molecular flexibility index (Phi) is 7.99. The van der Waals surface area contributed by atoms with Gasteiger partial charge in [0.25, 0.3) is 0 Å². The van der Waals surface area contributed by atoms with Crippen LogP contribution >= 0.6 is 0 Å². The van der Waals surface area contributed by atoms with Gasteiger partial charge in [0.2, 0.25) is 0 Å². The molecular formula is C15H21BN2O4. The zero-order valence-electron chi connectivity index (χ0n) is 12.8. The molecule has 0 saturated carbocycles. The lowest BCUT2D eigenvalue weighted by Gasteiger charge is -2.10. The first-order chi connectivity index (χ1) is 10.6. The van der Waals surface area contributed by atoms with Crippen molar-refractivity contribution in [3.05, 3.63) is 47.6 Å². The molecule has 0 aliphatic rings. The van der Waals surface area contributed by atoms with Crippen LogP contribution in [0, 0.1) is 0 Å². The Hall–Kier alpha value is -2.09. The normalized spacial score (nSPS) is 11.5. The number of rotatable bonds is 9. The van der Waals surface area contributed by atoms with Crippen molar-refractivity contribution in [2.45, 2.75) is 6.54 Å². The Labute approximate surface area is 130 Å². The molecular weight excluding hydrogens is 283 g/mol. The minimum absolute atomic E-state index is 0.349. The molecule has 118 valence electrons. The highest BCUT2D eigenvalue weighted by Gasteiger charge is 2.11. The van der Waals surface area contributed by atoms with Crippen LogP contribution in [-0.4, -0.2) is 44.6 Å². The van der Waals surface area contributed by atoms with Crippen LogP contribution in [0.2, 0.25) is 0 Å². The van der Waals surface area contributed by atoms with Gasteiger partial charge in [0.15, 0.2) is 0 Å². The molecule has 0 aliphatic carbocycles. The molecule has 0 atom stereocenters. The molecule has 6 nitrogen and oxygen atoms in total. The summed E-state index contributed by atoms with van der Waals surface area (Å²) in [4.78, 5) is 3.53. The van der Waals surface area contributed by atoms with E-state index in [9.17, 15) is 10.0 Å². The van der Waals surface area contributed by atoms with E-state index in [-0.39, 0.29) is 0 Å². The van der Waals surface area contributed by atoms with Crippen molar-refractivity contribution in [3.63, 3.8) is 0 Å². The predicted molar refractivity (Wildman–Crippen MR) is 88.2 cm³/mol. The Morgan fingerprint density at radius 2 is 2.14 bits per heavy atom. The minimum atomic E-state index is -1.55. The first-order valence-electron chi connectivity index (χ1n) is 6.72. The molecule has 1 rings (SSSR count). The summed E-state index contributed by atoms with van der Waals surface area (Å²) in [5, 5.41) is 21.6. The van der Waals surface area contributed by atoms with E-state index in [2.05, 4.69) is 17.0 Å². The van der Waals surface area contributed by atoms with Gasteiger partial charge >= 0.3 is 7.12 Å². The second-order valence-electron chi connectivity index (χ2n) is 4.38. The second-order valence-corrected chi connectivity index (χ2v) is 4.38. The molecule has 0 saturated heterocycles. The van der Waals surface area contributed by atoms with E-state index in [1.54, 1.807) is 20.3 Å². The topological polar surface area (TPSA) is 83.3 Å². The van der Waals surface area contributed by atoms with Crippen LogP contribution < -0.4 is 14.8 Å². The van der Waals surface area contributed by atoms with E-state index < -0.39 is 7.12 Å². The van der Waals surface area contributed by atoms with E-state index in [4.69, 9.17) is 9.47 Å². The van der Waals surface area contributed by atoms with Crippen molar-refractivity contribution in [1.82, 2.24) is 5.32 Å². The lowest BCUT2D eigenvalue weighted by molar-refractivity contribution is 0.390. The summed E-state index contributed by atoms with van der Waals surface area (Å²) in [6.45, 7) is 4.33. The zero-order valence-corrected chi connectivity index (χ0v) is 12.8. The van der Waals surface area contributed by atoms with Crippen molar-refractivity contribution < 1.29 is 19.5 Å². The number of nitrogens with one attached hydrogen (secondary N) is 1. The SMILES string of the molecule is C=N/C=C\C(=C/CNCc1ccc(OC)cc1OC)B(O)O. The average molecular weight is 304 g/mol. The molecule has 7 heteroatoms. The largest absolute Gasteiger partial charge is 0.497 e. The molecule has 0 amide bonds. The molecule has 0 heterocycles. The zero-order chi connectivity index (χ0) is 16.4. The van der Waals surface area contributed by atoms with E-state index >= 15 is 0 Å². The van der Waals surface area contributed by atoms with Gasteiger partial charge < -0.3 is 24.8 Å². The fourth-order valence-electron chi connectivity index (χ4n) is 1.79. The molecule has 0 aromatic heterocycles. The monoisotopic (exact) mass is 304 g/mol. The summed E-state index contributed by atoms with van der Waals surface area (Å²) in [5.74, 6) is 1.46. The molecule has 22 heavy (non-hydrogen) atoms. The van der Waals surface area contributed by atoms with Crippen LogP contribution in [0.3, 0.4) is 0 Å². The fraction of sp³-hybridized carbons (Fsp3) is 0.267. The highest BCUT2D eigenvalue weighted by atomic mass is 16.5. The van der Waals surface area contributed by atoms with Crippen molar-refractivity contribution >= 4 is 13.8 Å². The summed E-state index contributed by atoms with van der Waals surface area (Å²) < 4.78 is 10.5. The maximum Gasteiger partial charge on any atom is 0.488 e. The van der Waals surface area contributed by atoms with Crippen molar-refractivity contribution in [3.8, 4) is 11.5 Å². The Morgan fingerprint density at radius 3 is 2.73 bits per heavy atom. The quantitative estimate of drug-likeness (QED) is 0.274. The number of benzene rings is 1. The second kappa shape index (κ2) is 9.78. The third-order valence-electron chi connectivity index (χ3n) is 2.96. The first kappa shape index (κ1) is 18.0. The maximum atomic E-state index is 9.21. The first-order valence-corrected chi connectivity index (χ1v) is 6.72. The molecule has 0 unspecified atom stereocenters. The van der Waals surface area contributed by atoms with E-state index in [1.807, 2.05) is 18.2 Å². The molecule has 1 aromatic rings. The fourth-order valence-corrected chi connectivity index (χ4v) is 1.79. The lowest BCUT2D eigenvalue weighted by Crippen LogP contribution is -2.18. The molecule has 0 bridgehead atoms. The van der Waals surface area contributed by atoms with Crippen LogP contribution in [0.4, 0.5) is 0 Å². The predicted octanol–water partition coefficient (Wildman–Crippen LogP) is 0.946. The number of ether oxygens (including phenoxy) is 2. The lowest BCUT2D eigenvalue weighted by atomic mass is 9.79. The highest BCUT2D eigenvalue weighted by molar-refractivity contribution is 6.51. The van der Waals surface area contributed by atoms with Gasteiger partial charge in [-0.2, -0.15) is 0 Å². The van der Waals surface area contributed by atoms with Crippen molar-refractivity contribution in [2.24, 2.45) is 4.99 Å². The number of hydrogen-bond acceptors (Lipinski definition) is 6. The van der Waals surface area contributed by atoms with E-state index in [1.165, 1.54) is 12.3 Å². The van der Waals surface area contributed by atoms with Crippen molar-refractivity contribution in [2.75, 3.05) is 20.8 Å². The minimum Gasteiger partial charge on any atom is -0.497 e. The van der Waals surface area contributed by atoms with Gasteiger partial charge in [-0.1, -0.05) is 12.1 Å². The Balaban J connectivity index is 2.63. The summed E-state index contributed by atoms with van der Waals surface area (Å²) in [6, 6.07) is 5.59. The Bertz CT molecular complexity index is 544. The van der Waals surface area contributed by atoms with Crippen LogP contribution in [0.15, 0.2) is 47.0 Å². The summed E-state index contributed by atoms with van der Waals surface area (Å²) >= 11 is 0. The van der Waals surface area contributed by atoms with Gasteiger partial charge in [0.1, 0.15) is 11.5 Å². The van der Waals surface area contributed by atoms with Gasteiger partial charge in [-0.25, -0.2) is 0 Å². The van der Waals surface area contributed by atoms with Gasteiger partial charge in [-0.05, 0) is 24.3 Å². The Morgan fingerprint density at radius 1 is 1.36 bits per heavy atom. The molecule has 0 radical (unpaired) electrons. The maximum absolute atomic E-state index is 9.21. The molecule has 0 spiro atoms. The molecule has 1 aromatic carbocycles.